The first-order valence-corrected chi connectivity index (χ1v) is 11.0. The van der Waals surface area contributed by atoms with Crippen molar-refractivity contribution in [1.29, 1.82) is 0 Å². The molecule has 2 heterocycles. The molecule has 8 nitrogen and oxygen atoms in total. The van der Waals surface area contributed by atoms with E-state index >= 15 is 0 Å². The van der Waals surface area contributed by atoms with Gasteiger partial charge in [-0.3, -0.25) is 14.4 Å². The first-order valence-electron chi connectivity index (χ1n) is 11.0. The molecular weight excluding hydrogens is 493 g/mol. The Morgan fingerprint density at radius 2 is 1.80 bits per heavy atom. The number of hydrogen-bond acceptors (Lipinski definition) is 4. The van der Waals surface area contributed by atoms with Crippen LogP contribution in [-0.4, -0.2) is 76.8 Å². The number of aromatic nitrogens is 2. The van der Waals surface area contributed by atoms with E-state index in [0.29, 0.717) is 13.1 Å². The Morgan fingerprint density at radius 3 is 2.33 bits per heavy atom. The highest BCUT2D eigenvalue weighted by Crippen LogP contribution is 2.17. The number of guanidine groups is 1. The van der Waals surface area contributed by atoms with Crippen molar-refractivity contribution in [3.8, 4) is 0 Å². The number of amides is 1. The zero-order valence-corrected chi connectivity index (χ0v) is 21.8. The maximum atomic E-state index is 12.0. The van der Waals surface area contributed by atoms with Crippen LogP contribution in [0.15, 0.2) is 4.99 Å². The highest BCUT2D eigenvalue weighted by molar-refractivity contribution is 14.0. The summed E-state index contributed by atoms with van der Waals surface area (Å²) in [5, 5.41) is 11.1. The molecule has 1 saturated heterocycles. The number of carbonyl (C=O) groups is 1. The molecule has 1 fully saturated rings. The molecule has 0 radical (unpaired) electrons. The van der Waals surface area contributed by atoms with Crippen LogP contribution in [-0.2, 0) is 31.2 Å². The molecule has 0 aliphatic carbocycles. The first-order chi connectivity index (χ1) is 13.9. The second-order valence-electron chi connectivity index (χ2n) is 7.86. The molecule has 2 N–H and O–H groups in total. The number of hydrogen-bond donors (Lipinski definition) is 2. The second-order valence-corrected chi connectivity index (χ2v) is 7.86. The summed E-state index contributed by atoms with van der Waals surface area (Å²) in [6, 6.07) is 0.185. The van der Waals surface area contributed by atoms with Gasteiger partial charge in [0.25, 0.3) is 0 Å². The number of aryl methyl sites for hydroxylation is 2. The van der Waals surface area contributed by atoms with Crippen LogP contribution in [0, 0.1) is 0 Å². The largest absolute Gasteiger partial charge is 0.357 e. The summed E-state index contributed by atoms with van der Waals surface area (Å²) in [6.07, 6.45) is 1.88. The Bertz CT molecular complexity index is 694. The molecule has 9 heteroatoms. The van der Waals surface area contributed by atoms with Crippen molar-refractivity contribution < 1.29 is 4.79 Å². The van der Waals surface area contributed by atoms with Crippen molar-refractivity contribution in [1.82, 2.24) is 30.2 Å². The maximum absolute atomic E-state index is 12.0. The molecule has 1 amide bonds. The molecule has 0 aromatic carbocycles. The van der Waals surface area contributed by atoms with E-state index in [2.05, 4.69) is 46.3 Å². The van der Waals surface area contributed by atoms with Crippen LogP contribution in [0.3, 0.4) is 0 Å². The summed E-state index contributed by atoms with van der Waals surface area (Å²) in [6.45, 7) is 15.8. The van der Waals surface area contributed by atoms with Crippen LogP contribution >= 0.6 is 24.0 Å². The fourth-order valence-electron chi connectivity index (χ4n) is 3.84. The molecule has 1 aromatic heterocycles. The molecule has 1 aliphatic heterocycles. The lowest BCUT2D eigenvalue weighted by Gasteiger charge is -2.36. The molecule has 0 saturated carbocycles. The van der Waals surface area contributed by atoms with Gasteiger partial charge in [0, 0.05) is 57.1 Å². The summed E-state index contributed by atoms with van der Waals surface area (Å²) in [7, 11) is 2.02. The van der Waals surface area contributed by atoms with E-state index in [9.17, 15) is 4.79 Å². The number of aliphatic imine (C=N–C) groups is 1. The zero-order valence-electron chi connectivity index (χ0n) is 19.5. The van der Waals surface area contributed by atoms with Crippen LogP contribution in [0.4, 0.5) is 0 Å². The normalized spacial score (nSPS) is 15.3. The number of nitrogens with one attached hydrogen (secondary N) is 2. The fourth-order valence-corrected chi connectivity index (χ4v) is 3.84. The topological polar surface area (TPSA) is 77.8 Å². The standard InChI is InChI=1S/C21H39N7O.HI/c1-7-18-17(19(8-2)26(6)25-18)14-23-21(22-9-3)28-12-10-27(11-13-28)15-20(29)24-16(4)5;/h16H,7-15H2,1-6H3,(H,22,23)(H,24,29);1H. The molecule has 0 atom stereocenters. The van der Waals surface area contributed by atoms with Gasteiger partial charge in [-0.05, 0) is 33.6 Å². The molecule has 0 bridgehead atoms. The highest BCUT2D eigenvalue weighted by Gasteiger charge is 2.22. The number of nitrogens with zero attached hydrogens (tertiary/aromatic N) is 5. The van der Waals surface area contributed by atoms with E-state index < -0.39 is 0 Å². The number of piperazine rings is 1. The quantitative estimate of drug-likeness (QED) is 0.303. The molecular formula is C21H40IN7O. The van der Waals surface area contributed by atoms with Gasteiger partial charge in [0.15, 0.2) is 5.96 Å². The van der Waals surface area contributed by atoms with E-state index in [1.807, 2.05) is 25.6 Å². The third-order valence-corrected chi connectivity index (χ3v) is 5.24. The SMILES string of the molecule is CCNC(=NCc1c(CC)nn(C)c1CC)N1CCN(CC(=O)NC(C)C)CC1.I. The van der Waals surface area contributed by atoms with Gasteiger partial charge in [0.2, 0.25) is 5.91 Å². The summed E-state index contributed by atoms with van der Waals surface area (Å²) < 4.78 is 2.00. The summed E-state index contributed by atoms with van der Waals surface area (Å²) in [5.74, 6) is 1.05. The van der Waals surface area contributed by atoms with Gasteiger partial charge in [0.05, 0.1) is 18.8 Å². The second kappa shape index (κ2) is 13.1. The third kappa shape index (κ3) is 7.40. The van der Waals surface area contributed by atoms with Gasteiger partial charge in [-0.25, -0.2) is 4.99 Å². The Labute approximate surface area is 198 Å². The Balaban J connectivity index is 0.00000450. The monoisotopic (exact) mass is 533 g/mol. The third-order valence-electron chi connectivity index (χ3n) is 5.24. The van der Waals surface area contributed by atoms with Gasteiger partial charge in [-0.1, -0.05) is 13.8 Å². The molecule has 1 aromatic rings. The van der Waals surface area contributed by atoms with Gasteiger partial charge in [-0.2, -0.15) is 5.10 Å². The van der Waals surface area contributed by atoms with Gasteiger partial charge in [0.1, 0.15) is 0 Å². The van der Waals surface area contributed by atoms with Gasteiger partial charge < -0.3 is 15.5 Å². The van der Waals surface area contributed by atoms with Crippen molar-refractivity contribution in [2.24, 2.45) is 12.0 Å². The molecule has 1 aliphatic rings. The lowest BCUT2D eigenvalue weighted by molar-refractivity contribution is -0.123. The van der Waals surface area contributed by atoms with Crippen LogP contribution in [0.1, 0.15) is 51.6 Å². The molecule has 0 unspecified atom stereocenters. The minimum Gasteiger partial charge on any atom is -0.357 e. The van der Waals surface area contributed by atoms with Crippen molar-refractivity contribution in [2.45, 2.75) is 60.0 Å². The van der Waals surface area contributed by atoms with E-state index in [4.69, 9.17) is 4.99 Å². The molecule has 2 rings (SSSR count). The van der Waals surface area contributed by atoms with Crippen LogP contribution in [0.5, 0.6) is 0 Å². The summed E-state index contributed by atoms with van der Waals surface area (Å²) in [5.41, 5.74) is 3.67. The first kappa shape index (κ1) is 26.7. The summed E-state index contributed by atoms with van der Waals surface area (Å²) in [4.78, 5) is 21.5. The van der Waals surface area contributed by atoms with Crippen LogP contribution < -0.4 is 10.6 Å². The Morgan fingerprint density at radius 1 is 1.13 bits per heavy atom. The predicted molar refractivity (Wildman–Crippen MR) is 133 cm³/mol. The maximum Gasteiger partial charge on any atom is 0.234 e. The van der Waals surface area contributed by atoms with E-state index in [1.54, 1.807) is 0 Å². The lowest BCUT2D eigenvalue weighted by Crippen LogP contribution is -2.54. The van der Waals surface area contributed by atoms with E-state index in [1.165, 1.54) is 11.3 Å². The summed E-state index contributed by atoms with van der Waals surface area (Å²) >= 11 is 0. The van der Waals surface area contributed by atoms with E-state index in [-0.39, 0.29) is 35.9 Å². The average Bonchev–Trinajstić information content (AvgIpc) is 2.99. The highest BCUT2D eigenvalue weighted by atomic mass is 127. The van der Waals surface area contributed by atoms with Crippen molar-refractivity contribution in [2.75, 3.05) is 39.3 Å². The fraction of sp³-hybridized carbons (Fsp3) is 0.762. The molecule has 172 valence electrons. The Hall–Kier alpha value is -1.36. The number of halogens is 1. The molecule has 30 heavy (non-hydrogen) atoms. The average molecular weight is 534 g/mol. The molecule has 0 spiro atoms. The van der Waals surface area contributed by atoms with Crippen molar-refractivity contribution in [3.63, 3.8) is 0 Å². The van der Waals surface area contributed by atoms with Crippen LogP contribution in [0.25, 0.3) is 0 Å². The smallest absolute Gasteiger partial charge is 0.234 e. The minimum absolute atomic E-state index is 0. The predicted octanol–water partition coefficient (Wildman–Crippen LogP) is 1.77. The minimum atomic E-state index is 0. The van der Waals surface area contributed by atoms with Gasteiger partial charge in [-0.15, -0.1) is 24.0 Å². The Kier molecular flexibility index (Phi) is 11.7. The van der Waals surface area contributed by atoms with E-state index in [0.717, 1.165) is 57.2 Å². The number of rotatable bonds is 8. The van der Waals surface area contributed by atoms with Crippen molar-refractivity contribution in [3.05, 3.63) is 17.0 Å². The zero-order chi connectivity index (χ0) is 21.4. The van der Waals surface area contributed by atoms with Crippen molar-refractivity contribution >= 4 is 35.8 Å². The number of carbonyl (C=O) groups excluding carboxylic acids is 1. The van der Waals surface area contributed by atoms with Crippen LogP contribution in [0.2, 0.25) is 0 Å². The lowest BCUT2D eigenvalue weighted by atomic mass is 10.1. The van der Waals surface area contributed by atoms with Gasteiger partial charge >= 0.3 is 0 Å².